The molecule has 1 atom stereocenters. The SMILES string of the molecule is CCCC(NC(=O)NCCC(=O)O)c1cccc(C(F)(F)F)c1. The monoisotopic (exact) mass is 332 g/mol. The fraction of sp³-hybridized carbons (Fsp3) is 0.467. The highest BCUT2D eigenvalue weighted by atomic mass is 19.4. The van der Waals surface area contributed by atoms with Crippen molar-refractivity contribution in [1.82, 2.24) is 10.6 Å². The van der Waals surface area contributed by atoms with Crippen LogP contribution in [0.1, 0.15) is 43.4 Å². The van der Waals surface area contributed by atoms with Crippen LogP contribution < -0.4 is 10.6 Å². The van der Waals surface area contributed by atoms with Crippen molar-refractivity contribution in [3.63, 3.8) is 0 Å². The van der Waals surface area contributed by atoms with Crippen LogP contribution in [-0.2, 0) is 11.0 Å². The first-order valence-corrected chi connectivity index (χ1v) is 7.17. The third-order valence-corrected chi connectivity index (χ3v) is 3.12. The van der Waals surface area contributed by atoms with E-state index in [0.29, 0.717) is 18.4 Å². The maximum atomic E-state index is 12.8. The summed E-state index contributed by atoms with van der Waals surface area (Å²) in [6, 6.07) is 3.61. The zero-order valence-electron chi connectivity index (χ0n) is 12.6. The van der Waals surface area contributed by atoms with Crippen LogP contribution in [0, 0.1) is 0 Å². The molecule has 0 aliphatic heterocycles. The molecule has 2 amide bonds. The van der Waals surface area contributed by atoms with Gasteiger partial charge in [-0.25, -0.2) is 4.79 Å². The van der Waals surface area contributed by atoms with Crippen molar-refractivity contribution < 1.29 is 27.9 Å². The number of benzene rings is 1. The summed E-state index contributed by atoms with van der Waals surface area (Å²) in [4.78, 5) is 22.1. The summed E-state index contributed by atoms with van der Waals surface area (Å²) in [6.45, 7) is 1.80. The first-order chi connectivity index (χ1) is 10.7. The van der Waals surface area contributed by atoms with Crippen LogP contribution in [0.3, 0.4) is 0 Å². The summed E-state index contributed by atoms with van der Waals surface area (Å²) in [5, 5.41) is 13.4. The van der Waals surface area contributed by atoms with Gasteiger partial charge in [0.15, 0.2) is 0 Å². The average Bonchev–Trinajstić information content (AvgIpc) is 2.45. The van der Waals surface area contributed by atoms with E-state index >= 15 is 0 Å². The summed E-state index contributed by atoms with van der Waals surface area (Å²) in [5.41, 5.74) is -0.417. The third-order valence-electron chi connectivity index (χ3n) is 3.12. The summed E-state index contributed by atoms with van der Waals surface area (Å²) in [6.07, 6.45) is -3.55. The number of carboxylic acids is 1. The van der Waals surface area contributed by atoms with Gasteiger partial charge in [0.25, 0.3) is 0 Å². The van der Waals surface area contributed by atoms with Gasteiger partial charge in [-0.2, -0.15) is 13.2 Å². The van der Waals surface area contributed by atoms with E-state index < -0.39 is 29.8 Å². The maximum absolute atomic E-state index is 12.8. The molecule has 0 spiro atoms. The number of rotatable bonds is 7. The Morgan fingerprint density at radius 2 is 2.00 bits per heavy atom. The minimum absolute atomic E-state index is 0.0530. The lowest BCUT2D eigenvalue weighted by Crippen LogP contribution is -2.39. The zero-order chi connectivity index (χ0) is 17.5. The molecule has 0 aromatic heterocycles. The van der Waals surface area contributed by atoms with Crippen molar-refractivity contribution >= 4 is 12.0 Å². The summed E-state index contributed by atoms with van der Waals surface area (Å²) in [7, 11) is 0. The van der Waals surface area contributed by atoms with Crippen LogP contribution >= 0.6 is 0 Å². The highest BCUT2D eigenvalue weighted by Gasteiger charge is 2.31. The predicted octanol–water partition coefficient (Wildman–Crippen LogP) is 3.32. The molecule has 1 unspecified atom stereocenters. The molecule has 8 heteroatoms. The molecule has 5 nitrogen and oxygen atoms in total. The molecule has 0 aliphatic rings. The van der Waals surface area contributed by atoms with E-state index in [4.69, 9.17) is 5.11 Å². The highest BCUT2D eigenvalue weighted by Crippen LogP contribution is 2.31. The first kappa shape index (κ1) is 18.8. The van der Waals surface area contributed by atoms with Crippen molar-refractivity contribution in [3.05, 3.63) is 35.4 Å². The number of carbonyl (C=O) groups is 2. The lowest BCUT2D eigenvalue weighted by Gasteiger charge is -2.20. The minimum atomic E-state index is -4.45. The van der Waals surface area contributed by atoms with Crippen LogP contribution in [0.4, 0.5) is 18.0 Å². The Kier molecular flexibility index (Phi) is 6.87. The second kappa shape index (κ2) is 8.40. The Balaban J connectivity index is 2.78. The second-order valence-corrected chi connectivity index (χ2v) is 5.01. The number of halogens is 3. The van der Waals surface area contributed by atoms with E-state index in [1.54, 1.807) is 0 Å². The van der Waals surface area contributed by atoms with Crippen LogP contribution in [0.5, 0.6) is 0 Å². The molecule has 0 heterocycles. The minimum Gasteiger partial charge on any atom is -0.481 e. The fourth-order valence-corrected chi connectivity index (χ4v) is 2.03. The van der Waals surface area contributed by atoms with E-state index in [1.165, 1.54) is 12.1 Å². The van der Waals surface area contributed by atoms with Gasteiger partial charge in [0.1, 0.15) is 0 Å². The number of aliphatic carboxylic acids is 1. The van der Waals surface area contributed by atoms with Crippen molar-refractivity contribution in [1.29, 1.82) is 0 Å². The van der Waals surface area contributed by atoms with Crippen LogP contribution in [-0.4, -0.2) is 23.7 Å². The smallest absolute Gasteiger partial charge is 0.416 e. The molecule has 1 aromatic rings. The predicted molar refractivity (Wildman–Crippen MR) is 77.9 cm³/mol. The number of carboxylic acid groups (broad SMARTS) is 1. The number of urea groups is 1. The van der Waals surface area contributed by atoms with Gasteiger partial charge in [0.05, 0.1) is 18.0 Å². The zero-order valence-corrected chi connectivity index (χ0v) is 12.6. The summed E-state index contributed by atoms with van der Waals surface area (Å²) >= 11 is 0. The van der Waals surface area contributed by atoms with E-state index in [1.807, 2.05) is 6.92 Å². The maximum Gasteiger partial charge on any atom is 0.416 e. The molecule has 23 heavy (non-hydrogen) atoms. The fourth-order valence-electron chi connectivity index (χ4n) is 2.03. The molecule has 3 N–H and O–H groups in total. The molecule has 0 aliphatic carbocycles. The molecular weight excluding hydrogens is 313 g/mol. The van der Waals surface area contributed by atoms with Gasteiger partial charge in [-0.3, -0.25) is 4.79 Å². The molecule has 0 saturated carbocycles. The van der Waals surface area contributed by atoms with Gasteiger partial charge in [0.2, 0.25) is 0 Å². The van der Waals surface area contributed by atoms with Crippen molar-refractivity contribution in [2.45, 2.75) is 38.4 Å². The van der Waals surface area contributed by atoms with E-state index in [-0.39, 0.29) is 13.0 Å². The van der Waals surface area contributed by atoms with Gasteiger partial charge in [-0.1, -0.05) is 25.5 Å². The quantitative estimate of drug-likeness (QED) is 0.717. The molecule has 0 radical (unpaired) electrons. The Bertz CT molecular complexity index is 547. The topological polar surface area (TPSA) is 78.4 Å². The Morgan fingerprint density at radius 3 is 2.57 bits per heavy atom. The summed E-state index contributed by atoms with van der Waals surface area (Å²) in [5.74, 6) is -1.05. The molecule has 1 rings (SSSR count). The van der Waals surface area contributed by atoms with Gasteiger partial charge in [-0.15, -0.1) is 0 Å². The molecule has 128 valence electrons. The number of carbonyl (C=O) groups excluding carboxylic acids is 1. The van der Waals surface area contributed by atoms with Gasteiger partial charge in [-0.05, 0) is 24.1 Å². The van der Waals surface area contributed by atoms with E-state index in [0.717, 1.165) is 12.1 Å². The standard InChI is InChI=1S/C15H19F3N2O3/c1-2-4-12(20-14(23)19-8-7-13(21)22)10-5-3-6-11(9-10)15(16,17)18/h3,5-6,9,12H,2,4,7-8H2,1H3,(H,21,22)(H2,19,20,23). The Labute approximate surface area is 131 Å². The van der Waals surface area contributed by atoms with E-state index in [2.05, 4.69) is 10.6 Å². The number of alkyl halides is 3. The average molecular weight is 332 g/mol. The lowest BCUT2D eigenvalue weighted by molar-refractivity contribution is -0.138. The second-order valence-electron chi connectivity index (χ2n) is 5.01. The number of hydrogen-bond donors (Lipinski definition) is 3. The first-order valence-electron chi connectivity index (χ1n) is 7.17. The number of amides is 2. The molecular formula is C15H19F3N2O3. The number of hydrogen-bond acceptors (Lipinski definition) is 2. The van der Waals surface area contributed by atoms with Crippen molar-refractivity contribution in [2.24, 2.45) is 0 Å². The molecule has 0 saturated heterocycles. The Hall–Kier alpha value is -2.25. The van der Waals surface area contributed by atoms with Gasteiger partial charge < -0.3 is 15.7 Å². The molecule has 0 bridgehead atoms. The van der Waals surface area contributed by atoms with Crippen LogP contribution in [0.15, 0.2) is 24.3 Å². The van der Waals surface area contributed by atoms with Gasteiger partial charge >= 0.3 is 18.2 Å². The van der Waals surface area contributed by atoms with Crippen molar-refractivity contribution in [2.75, 3.05) is 6.54 Å². The third kappa shape index (κ3) is 6.58. The highest BCUT2D eigenvalue weighted by molar-refractivity contribution is 5.75. The molecule has 0 fully saturated rings. The van der Waals surface area contributed by atoms with Crippen molar-refractivity contribution in [3.8, 4) is 0 Å². The molecule has 1 aromatic carbocycles. The normalized spacial score (nSPS) is 12.5. The van der Waals surface area contributed by atoms with Crippen LogP contribution in [0.2, 0.25) is 0 Å². The number of nitrogens with one attached hydrogen (secondary N) is 2. The van der Waals surface area contributed by atoms with Gasteiger partial charge in [0, 0.05) is 6.54 Å². The van der Waals surface area contributed by atoms with E-state index in [9.17, 15) is 22.8 Å². The largest absolute Gasteiger partial charge is 0.481 e. The summed E-state index contributed by atoms with van der Waals surface area (Å²) < 4.78 is 38.3. The van der Waals surface area contributed by atoms with Crippen LogP contribution in [0.25, 0.3) is 0 Å². The Morgan fingerprint density at radius 1 is 1.30 bits per heavy atom. The lowest BCUT2D eigenvalue weighted by atomic mass is 10.00.